The molecule has 1 nitrogen and oxygen atoms in total. The molecule has 0 radical (unpaired) electrons. The van der Waals surface area contributed by atoms with Crippen molar-refractivity contribution in [3.05, 3.63) is 41.5 Å². The largest absolute Gasteiger partial charge is 0.371 e. The second-order valence-electron chi connectivity index (χ2n) is 7.41. The highest BCUT2D eigenvalue weighted by atomic mass is 16.5. The average molecular weight is 258 g/mol. The standard InChI is InChI=1S/C18H26O/c1-17(2,3)11-15-13-19-18(4,5)12-16(15)14-9-7-6-8-10-14/h6-10H,11-13H2,1-5H3. The molecule has 1 heterocycles. The summed E-state index contributed by atoms with van der Waals surface area (Å²) in [6.07, 6.45) is 2.11. The van der Waals surface area contributed by atoms with E-state index in [0.717, 1.165) is 19.4 Å². The Hall–Kier alpha value is -1.08. The highest BCUT2D eigenvalue weighted by Gasteiger charge is 2.29. The van der Waals surface area contributed by atoms with Gasteiger partial charge in [-0.05, 0) is 42.4 Å². The molecule has 0 amide bonds. The van der Waals surface area contributed by atoms with Crippen molar-refractivity contribution in [1.29, 1.82) is 0 Å². The first kappa shape index (κ1) is 14.3. The van der Waals surface area contributed by atoms with E-state index in [1.807, 2.05) is 0 Å². The maximum Gasteiger partial charge on any atom is 0.0690 e. The van der Waals surface area contributed by atoms with Crippen LogP contribution < -0.4 is 0 Å². The van der Waals surface area contributed by atoms with Crippen LogP contribution in [0.1, 0.15) is 53.0 Å². The van der Waals surface area contributed by atoms with Crippen LogP contribution in [-0.2, 0) is 4.74 Å². The van der Waals surface area contributed by atoms with E-state index in [0.29, 0.717) is 5.41 Å². The third kappa shape index (κ3) is 3.94. The molecule has 0 N–H and O–H groups in total. The van der Waals surface area contributed by atoms with Gasteiger partial charge in [0.15, 0.2) is 0 Å². The monoisotopic (exact) mass is 258 g/mol. The lowest BCUT2D eigenvalue weighted by atomic mass is 9.80. The van der Waals surface area contributed by atoms with Gasteiger partial charge in [0.25, 0.3) is 0 Å². The Morgan fingerprint density at radius 3 is 2.32 bits per heavy atom. The average Bonchev–Trinajstić information content (AvgIpc) is 2.31. The second-order valence-corrected chi connectivity index (χ2v) is 7.41. The molecule has 0 unspecified atom stereocenters. The number of benzene rings is 1. The van der Waals surface area contributed by atoms with E-state index in [1.54, 1.807) is 0 Å². The molecule has 0 saturated heterocycles. The van der Waals surface area contributed by atoms with Crippen LogP contribution >= 0.6 is 0 Å². The topological polar surface area (TPSA) is 9.23 Å². The Morgan fingerprint density at radius 2 is 1.74 bits per heavy atom. The van der Waals surface area contributed by atoms with E-state index in [1.165, 1.54) is 16.7 Å². The van der Waals surface area contributed by atoms with Gasteiger partial charge in [-0.25, -0.2) is 0 Å². The fraction of sp³-hybridized carbons (Fsp3) is 0.556. The van der Waals surface area contributed by atoms with Gasteiger partial charge in [-0.2, -0.15) is 0 Å². The Balaban J connectivity index is 2.39. The molecule has 0 bridgehead atoms. The van der Waals surface area contributed by atoms with E-state index < -0.39 is 0 Å². The van der Waals surface area contributed by atoms with E-state index in [2.05, 4.69) is 65.0 Å². The van der Waals surface area contributed by atoms with Crippen molar-refractivity contribution in [3.8, 4) is 0 Å². The van der Waals surface area contributed by atoms with Gasteiger partial charge < -0.3 is 4.74 Å². The van der Waals surface area contributed by atoms with E-state index in [4.69, 9.17) is 4.74 Å². The van der Waals surface area contributed by atoms with Gasteiger partial charge in [0.2, 0.25) is 0 Å². The lowest BCUT2D eigenvalue weighted by molar-refractivity contribution is -0.0102. The zero-order valence-electron chi connectivity index (χ0n) is 12.9. The molecule has 1 aromatic rings. The third-order valence-corrected chi connectivity index (χ3v) is 3.53. The van der Waals surface area contributed by atoms with Crippen molar-refractivity contribution in [1.82, 2.24) is 0 Å². The zero-order valence-corrected chi connectivity index (χ0v) is 12.9. The molecule has 1 heteroatoms. The van der Waals surface area contributed by atoms with Crippen LogP contribution in [-0.4, -0.2) is 12.2 Å². The summed E-state index contributed by atoms with van der Waals surface area (Å²) in [5.74, 6) is 0. The van der Waals surface area contributed by atoms with Gasteiger partial charge in [-0.3, -0.25) is 0 Å². The molecule has 0 spiro atoms. The minimum absolute atomic E-state index is 0.0490. The molecule has 0 saturated carbocycles. The Kier molecular flexibility index (Phi) is 3.87. The lowest BCUT2D eigenvalue weighted by Crippen LogP contribution is -2.31. The van der Waals surface area contributed by atoms with Gasteiger partial charge in [0.05, 0.1) is 12.2 Å². The van der Waals surface area contributed by atoms with E-state index in [-0.39, 0.29) is 5.60 Å². The molecule has 104 valence electrons. The molecule has 1 aliphatic rings. The van der Waals surface area contributed by atoms with Crippen molar-refractivity contribution >= 4 is 5.57 Å². The fourth-order valence-corrected chi connectivity index (χ4v) is 2.71. The predicted molar refractivity (Wildman–Crippen MR) is 82.1 cm³/mol. The van der Waals surface area contributed by atoms with Crippen LogP contribution in [0.3, 0.4) is 0 Å². The second kappa shape index (κ2) is 5.13. The summed E-state index contributed by atoms with van der Waals surface area (Å²) in [6.45, 7) is 12.0. The molecular weight excluding hydrogens is 232 g/mol. The molecule has 0 aliphatic carbocycles. The zero-order chi connectivity index (χ0) is 14.1. The summed E-state index contributed by atoms with van der Waals surface area (Å²) in [7, 11) is 0. The quantitative estimate of drug-likeness (QED) is 0.719. The van der Waals surface area contributed by atoms with Crippen molar-refractivity contribution < 1.29 is 4.74 Å². The third-order valence-electron chi connectivity index (χ3n) is 3.53. The lowest BCUT2D eigenvalue weighted by Gasteiger charge is -2.36. The molecule has 1 aliphatic heterocycles. The summed E-state index contributed by atoms with van der Waals surface area (Å²) in [5.41, 5.74) is 4.58. The Morgan fingerprint density at radius 1 is 1.11 bits per heavy atom. The minimum atomic E-state index is -0.0490. The van der Waals surface area contributed by atoms with E-state index >= 15 is 0 Å². The SMILES string of the molecule is CC(C)(C)CC1=C(c2ccccc2)CC(C)(C)OC1. The first-order valence-electron chi connectivity index (χ1n) is 7.17. The Bertz CT molecular complexity index is 460. The summed E-state index contributed by atoms with van der Waals surface area (Å²) >= 11 is 0. The number of rotatable bonds is 2. The highest BCUT2D eigenvalue weighted by molar-refractivity contribution is 5.70. The van der Waals surface area contributed by atoms with Crippen molar-refractivity contribution in [2.75, 3.05) is 6.61 Å². The van der Waals surface area contributed by atoms with Crippen LogP contribution in [0.5, 0.6) is 0 Å². The highest BCUT2D eigenvalue weighted by Crippen LogP contribution is 2.39. The van der Waals surface area contributed by atoms with Gasteiger partial charge in [0.1, 0.15) is 0 Å². The van der Waals surface area contributed by atoms with Crippen LogP contribution in [0, 0.1) is 5.41 Å². The summed E-state index contributed by atoms with van der Waals surface area (Å²) < 4.78 is 6.02. The smallest absolute Gasteiger partial charge is 0.0690 e. The van der Waals surface area contributed by atoms with Gasteiger partial charge in [0, 0.05) is 6.42 Å². The molecule has 1 aromatic carbocycles. The van der Waals surface area contributed by atoms with Gasteiger partial charge in [-0.1, -0.05) is 51.1 Å². The fourth-order valence-electron chi connectivity index (χ4n) is 2.71. The molecule has 0 atom stereocenters. The van der Waals surface area contributed by atoms with Crippen molar-refractivity contribution in [3.63, 3.8) is 0 Å². The minimum Gasteiger partial charge on any atom is -0.371 e. The van der Waals surface area contributed by atoms with Crippen LogP contribution in [0.25, 0.3) is 5.57 Å². The molecular formula is C18H26O. The molecule has 2 rings (SSSR count). The summed E-state index contributed by atoms with van der Waals surface area (Å²) in [4.78, 5) is 0. The van der Waals surface area contributed by atoms with Crippen molar-refractivity contribution in [2.24, 2.45) is 5.41 Å². The molecule has 0 fully saturated rings. The van der Waals surface area contributed by atoms with Gasteiger partial charge in [-0.15, -0.1) is 0 Å². The summed E-state index contributed by atoms with van der Waals surface area (Å²) in [6, 6.07) is 10.8. The first-order valence-corrected chi connectivity index (χ1v) is 7.17. The summed E-state index contributed by atoms with van der Waals surface area (Å²) in [5, 5.41) is 0. The van der Waals surface area contributed by atoms with Gasteiger partial charge >= 0.3 is 0 Å². The van der Waals surface area contributed by atoms with Crippen LogP contribution in [0.2, 0.25) is 0 Å². The molecule has 19 heavy (non-hydrogen) atoms. The maximum atomic E-state index is 6.02. The van der Waals surface area contributed by atoms with E-state index in [9.17, 15) is 0 Å². The Labute approximate surface area is 117 Å². The normalized spacial score (nSPS) is 19.6. The predicted octanol–water partition coefficient (Wildman–Crippen LogP) is 5.08. The van der Waals surface area contributed by atoms with Crippen molar-refractivity contribution in [2.45, 2.75) is 53.1 Å². The number of hydrogen-bond acceptors (Lipinski definition) is 1. The first-order chi connectivity index (χ1) is 8.77. The molecule has 0 aromatic heterocycles. The number of hydrogen-bond donors (Lipinski definition) is 0. The van der Waals surface area contributed by atoms with Crippen LogP contribution in [0.15, 0.2) is 35.9 Å². The maximum absolute atomic E-state index is 6.02. The van der Waals surface area contributed by atoms with Crippen LogP contribution in [0.4, 0.5) is 0 Å². The number of ether oxygens (including phenoxy) is 1.